The first-order chi connectivity index (χ1) is 13.3. The molecule has 2 N–H and O–H groups in total. The summed E-state index contributed by atoms with van der Waals surface area (Å²) in [6.07, 6.45) is 0. The third-order valence-electron chi connectivity index (χ3n) is 4.79. The third kappa shape index (κ3) is 3.67. The molecule has 0 aliphatic carbocycles. The summed E-state index contributed by atoms with van der Waals surface area (Å²) in [4.78, 5) is 42.1. The fourth-order valence-corrected chi connectivity index (χ4v) is 3.33. The molecule has 0 fully saturated rings. The molecule has 0 aliphatic heterocycles. The standard InChI is InChI=1S/C22H23N3O3/c1-13-8-7-9-14(2)20(13)24-18(26)12-25(4)22(28)21(27)19-15(3)23-17-11-6-5-10-16(17)19/h5-11,23H,12H2,1-4H3,(H,24,26). The van der Waals surface area contributed by atoms with Gasteiger partial charge in [0.15, 0.2) is 0 Å². The topological polar surface area (TPSA) is 82.3 Å². The van der Waals surface area contributed by atoms with Crippen LogP contribution in [-0.2, 0) is 9.59 Å². The Morgan fingerprint density at radius 2 is 1.61 bits per heavy atom. The lowest BCUT2D eigenvalue weighted by atomic mass is 10.1. The number of aromatic amines is 1. The smallest absolute Gasteiger partial charge is 0.295 e. The van der Waals surface area contributed by atoms with Crippen molar-refractivity contribution in [2.45, 2.75) is 20.8 Å². The summed E-state index contributed by atoms with van der Waals surface area (Å²) in [5, 5.41) is 3.53. The fourth-order valence-electron chi connectivity index (χ4n) is 3.33. The molecule has 6 heteroatoms. The second-order valence-corrected chi connectivity index (χ2v) is 6.98. The molecule has 2 amide bonds. The van der Waals surface area contributed by atoms with Gasteiger partial charge in [-0.15, -0.1) is 0 Å². The molecule has 0 bridgehead atoms. The first kappa shape index (κ1) is 19.4. The average Bonchev–Trinajstić information content (AvgIpc) is 2.99. The first-order valence-corrected chi connectivity index (χ1v) is 9.02. The Morgan fingerprint density at radius 3 is 2.29 bits per heavy atom. The summed E-state index contributed by atoms with van der Waals surface area (Å²) in [5.41, 5.74) is 4.38. The number of hydrogen-bond acceptors (Lipinski definition) is 3. The van der Waals surface area contributed by atoms with E-state index < -0.39 is 11.7 Å². The van der Waals surface area contributed by atoms with E-state index in [1.54, 1.807) is 13.0 Å². The van der Waals surface area contributed by atoms with Gasteiger partial charge in [0.2, 0.25) is 5.91 Å². The molecule has 0 saturated carbocycles. The van der Waals surface area contributed by atoms with E-state index in [1.807, 2.05) is 50.2 Å². The fraction of sp³-hybridized carbons (Fsp3) is 0.227. The predicted octanol–water partition coefficient (Wildman–Crippen LogP) is 3.37. The molecule has 0 unspecified atom stereocenters. The van der Waals surface area contributed by atoms with Crippen molar-refractivity contribution in [3.05, 3.63) is 64.8 Å². The van der Waals surface area contributed by atoms with Crippen LogP contribution in [0.25, 0.3) is 10.9 Å². The number of anilines is 1. The normalized spacial score (nSPS) is 10.7. The van der Waals surface area contributed by atoms with E-state index in [0.717, 1.165) is 27.2 Å². The van der Waals surface area contributed by atoms with Gasteiger partial charge in [-0.1, -0.05) is 36.4 Å². The van der Waals surface area contributed by atoms with Crippen molar-refractivity contribution in [1.82, 2.24) is 9.88 Å². The van der Waals surface area contributed by atoms with Gasteiger partial charge in [-0.3, -0.25) is 14.4 Å². The number of benzene rings is 2. The van der Waals surface area contributed by atoms with Crippen LogP contribution in [0.1, 0.15) is 27.2 Å². The number of nitrogens with one attached hydrogen (secondary N) is 2. The van der Waals surface area contributed by atoms with Gasteiger partial charge < -0.3 is 15.2 Å². The van der Waals surface area contributed by atoms with Crippen LogP contribution in [0.3, 0.4) is 0 Å². The number of aryl methyl sites for hydroxylation is 3. The maximum absolute atomic E-state index is 12.8. The number of hydrogen-bond donors (Lipinski definition) is 2. The number of Topliss-reactive ketones (excluding diaryl/α,β-unsaturated/α-hetero) is 1. The number of rotatable bonds is 5. The highest BCUT2D eigenvalue weighted by Gasteiger charge is 2.26. The minimum atomic E-state index is -0.718. The van der Waals surface area contributed by atoms with Crippen molar-refractivity contribution in [1.29, 1.82) is 0 Å². The van der Waals surface area contributed by atoms with Gasteiger partial charge in [0.05, 0.1) is 12.1 Å². The molecule has 3 aromatic rings. The van der Waals surface area contributed by atoms with Crippen LogP contribution < -0.4 is 5.32 Å². The Bertz CT molecular complexity index is 1060. The Labute approximate surface area is 163 Å². The lowest BCUT2D eigenvalue weighted by molar-refractivity contribution is -0.129. The van der Waals surface area contributed by atoms with Gasteiger partial charge in [-0.25, -0.2) is 0 Å². The molecular weight excluding hydrogens is 354 g/mol. The van der Waals surface area contributed by atoms with E-state index in [4.69, 9.17) is 0 Å². The molecule has 28 heavy (non-hydrogen) atoms. The summed E-state index contributed by atoms with van der Waals surface area (Å²) >= 11 is 0. The molecule has 3 rings (SSSR count). The number of aromatic nitrogens is 1. The maximum Gasteiger partial charge on any atom is 0.295 e. The van der Waals surface area contributed by atoms with E-state index >= 15 is 0 Å². The lowest BCUT2D eigenvalue weighted by Gasteiger charge is -2.17. The molecule has 1 aromatic heterocycles. The number of ketones is 1. The van der Waals surface area contributed by atoms with E-state index in [2.05, 4.69) is 10.3 Å². The Morgan fingerprint density at radius 1 is 0.964 bits per heavy atom. The highest BCUT2D eigenvalue weighted by Crippen LogP contribution is 2.23. The number of fused-ring (bicyclic) bond motifs is 1. The maximum atomic E-state index is 12.8. The van der Waals surface area contributed by atoms with Gasteiger partial charge in [0.25, 0.3) is 11.7 Å². The van der Waals surface area contributed by atoms with Gasteiger partial charge >= 0.3 is 0 Å². The van der Waals surface area contributed by atoms with Crippen LogP contribution in [0.15, 0.2) is 42.5 Å². The van der Waals surface area contributed by atoms with Crippen LogP contribution in [0, 0.1) is 20.8 Å². The van der Waals surface area contributed by atoms with Crippen molar-refractivity contribution < 1.29 is 14.4 Å². The number of nitrogens with zero attached hydrogens (tertiary/aromatic N) is 1. The van der Waals surface area contributed by atoms with Crippen LogP contribution in [0.5, 0.6) is 0 Å². The van der Waals surface area contributed by atoms with E-state index in [1.165, 1.54) is 7.05 Å². The van der Waals surface area contributed by atoms with Crippen molar-refractivity contribution in [3.8, 4) is 0 Å². The Hall–Kier alpha value is -3.41. The zero-order chi connectivity index (χ0) is 20.4. The van der Waals surface area contributed by atoms with Gasteiger partial charge in [-0.05, 0) is 38.0 Å². The molecular formula is C22H23N3O3. The molecule has 6 nitrogen and oxygen atoms in total. The van der Waals surface area contributed by atoms with Crippen LogP contribution >= 0.6 is 0 Å². The highest BCUT2D eigenvalue weighted by atomic mass is 16.2. The van der Waals surface area contributed by atoms with E-state index in [0.29, 0.717) is 16.6 Å². The predicted molar refractivity (Wildman–Crippen MR) is 110 cm³/mol. The van der Waals surface area contributed by atoms with Gasteiger partial charge in [0, 0.05) is 29.3 Å². The quantitative estimate of drug-likeness (QED) is 0.528. The minimum Gasteiger partial charge on any atom is -0.358 e. The number of carbonyl (C=O) groups excluding carboxylic acids is 3. The van der Waals surface area contributed by atoms with Crippen LogP contribution in [-0.4, -0.2) is 41.1 Å². The molecule has 0 atom stereocenters. The largest absolute Gasteiger partial charge is 0.358 e. The Kier molecular flexibility index (Phi) is 5.31. The summed E-state index contributed by atoms with van der Waals surface area (Å²) in [7, 11) is 1.45. The van der Waals surface area contributed by atoms with Crippen LogP contribution in [0.2, 0.25) is 0 Å². The molecule has 2 aromatic carbocycles. The molecule has 1 heterocycles. The minimum absolute atomic E-state index is 0.209. The zero-order valence-electron chi connectivity index (χ0n) is 16.4. The lowest BCUT2D eigenvalue weighted by Crippen LogP contribution is -2.39. The summed E-state index contributed by atoms with van der Waals surface area (Å²) < 4.78 is 0. The van der Waals surface area contributed by atoms with Crippen molar-refractivity contribution in [2.24, 2.45) is 0 Å². The monoisotopic (exact) mass is 377 g/mol. The number of para-hydroxylation sites is 2. The first-order valence-electron chi connectivity index (χ1n) is 9.02. The van der Waals surface area contributed by atoms with Crippen LogP contribution in [0.4, 0.5) is 5.69 Å². The Balaban J connectivity index is 1.74. The number of H-pyrrole nitrogens is 1. The molecule has 0 spiro atoms. The van der Waals surface area contributed by atoms with Crippen molar-refractivity contribution >= 4 is 34.2 Å². The van der Waals surface area contributed by atoms with Gasteiger partial charge in [0.1, 0.15) is 0 Å². The average molecular weight is 377 g/mol. The SMILES string of the molecule is Cc1cccc(C)c1NC(=O)CN(C)C(=O)C(=O)c1c(C)[nH]c2ccccc12. The molecule has 0 radical (unpaired) electrons. The van der Waals surface area contributed by atoms with E-state index in [-0.39, 0.29) is 12.5 Å². The molecule has 144 valence electrons. The summed E-state index contributed by atoms with van der Waals surface area (Å²) in [6.45, 7) is 5.36. The third-order valence-corrected chi connectivity index (χ3v) is 4.79. The number of amides is 2. The van der Waals surface area contributed by atoms with Crippen molar-refractivity contribution in [2.75, 3.05) is 18.9 Å². The van der Waals surface area contributed by atoms with Crippen molar-refractivity contribution in [3.63, 3.8) is 0 Å². The second kappa shape index (κ2) is 7.68. The molecule has 0 aliphatic rings. The second-order valence-electron chi connectivity index (χ2n) is 6.98. The van der Waals surface area contributed by atoms with Gasteiger partial charge in [-0.2, -0.15) is 0 Å². The number of carbonyl (C=O) groups is 3. The summed E-state index contributed by atoms with van der Waals surface area (Å²) in [6, 6.07) is 13.1. The highest BCUT2D eigenvalue weighted by molar-refractivity contribution is 6.45. The zero-order valence-corrected chi connectivity index (χ0v) is 16.4. The van der Waals surface area contributed by atoms with E-state index in [9.17, 15) is 14.4 Å². The number of likely N-dealkylation sites (N-methyl/N-ethyl adjacent to an activating group) is 1. The summed E-state index contributed by atoms with van der Waals surface area (Å²) in [5.74, 6) is -1.70. The molecule has 0 saturated heterocycles.